The maximum absolute atomic E-state index is 13.0. The van der Waals surface area contributed by atoms with Gasteiger partial charge < -0.3 is 9.47 Å². The van der Waals surface area contributed by atoms with Crippen molar-refractivity contribution in [1.29, 1.82) is 0 Å². The molecule has 2 rings (SSSR count). The maximum atomic E-state index is 13.0. The molecular formula is C13H16BrFO2. The topological polar surface area (TPSA) is 18.5 Å². The molecule has 1 aliphatic heterocycles. The zero-order valence-electron chi connectivity index (χ0n) is 9.62. The third kappa shape index (κ3) is 4.05. The van der Waals surface area contributed by atoms with Gasteiger partial charge in [-0.3, -0.25) is 0 Å². The predicted molar refractivity (Wildman–Crippen MR) is 67.3 cm³/mol. The van der Waals surface area contributed by atoms with E-state index in [1.54, 1.807) is 12.1 Å². The Bertz CT molecular complexity index is 364. The van der Waals surface area contributed by atoms with Gasteiger partial charge in [-0.2, -0.15) is 0 Å². The minimum atomic E-state index is -0.238. The van der Waals surface area contributed by atoms with E-state index in [1.807, 2.05) is 0 Å². The van der Waals surface area contributed by atoms with Crippen molar-refractivity contribution in [2.75, 3.05) is 19.8 Å². The van der Waals surface area contributed by atoms with Crippen LogP contribution >= 0.6 is 15.9 Å². The normalized spacial score (nSPS) is 17.3. The summed E-state index contributed by atoms with van der Waals surface area (Å²) >= 11 is 3.17. The summed E-state index contributed by atoms with van der Waals surface area (Å²) in [5.41, 5.74) is 0.991. The van der Waals surface area contributed by atoms with E-state index >= 15 is 0 Å². The number of benzene rings is 1. The SMILES string of the molecule is Fc1ccc(COCC2CCOCC2)cc1Br. The van der Waals surface area contributed by atoms with E-state index in [-0.39, 0.29) is 5.82 Å². The van der Waals surface area contributed by atoms with Crippen LogP contribution in [0.15, 0.2) is 22.7 Å². The molecule has 2 nitrogen and oxygen atoms in total. The predicted octanol–water partition coefficient (Wildman–Crippen LogP) is 3.53. The molecule has 0 spiro atoms. The fourth-order valence-electron chi connectivity index (χ4n) is 1.89. The molecule has 1 aromatic carbocycles. The Hall–Kier alpha value is -0.450. The quantitative estimate of drug-likeness (QED) is 0.847. The summed E-state index contributed by atoms with van der Waals surface area (Å²) in [6.07, 6.45) is 2.15. The molecule has 1 fully saturated rings. The first-order chi connectivity index (χ1) is 8.25. The zero-order valence-corrected chi connectivity index (χ0v) is 11.2. The van der Waals surface area contributed by atoms with Crippen molar-refractivity contribution in [3.63, 3.8) is 0 Å². The molecule has 0 amide bonds. The Kier molecular flexibility index (Phi) is 4.95. The average Bonchev–Trinajstić information content (AvgIpc) is 2.35. The molecule has 1 aliphatic rings. The number of hydrogen-bond donors (Lipinski definition) is 0. The van der Waals surface area contributed by atoms with E-state index < -0.39 is 0 Å². The fourth-order valence-corrected chi connectivity index (χ4v) is 2.31. The second-order valence-electron chi connectivity index (χ2n) is 4.32. The summed E-state index contributed by atoms with van der Waals surface area (Å²) < 4.78 is 24.4. The molecule has 0 N–H and O–H groups in total. The van der Waals surface area contributed by atoms with Crippen molar-refractivity contribution in [2.45, 2.75) is 19.4 Å². The number of ether oxygens (including phenoxy) is 2. The Balaban J connectivity index is 1.75. The molecule has 1 saturated heterocycles. The van der Waals surface area contributed by atoms with E-state index in [0.717, 1.165) is 38.2 Å². The van der Waals surface area contributed by atoms with Crippen LogP contribution in [0.4, 0.5) is 4.39 Å². The molecule has 1 heterocycles. The molecule has 0 unspecified atom stereocenters. The first-order valence-electron chi connectivity index (χ1n) is 5.85. The highest BCUT2D eigenvalue weighted by Gasteiger charge is 2.13. The van der Waals surface area contributed by atoms with Gasteiger partial charge in [0.2, 0.25) is 0 Å². The Labute approximate surface area is 109 Å². The second-order valence-corrected chi connectivity index (χ2v) is 5.17. The molecule has 0 bridgehead atoms. The Morgan fingerprint density at radius 3 is 2.82 bits per heavy atom. The van der Waals surface area contributed by atoms with Crippen molar-refractivity contribution in [3.05, 3.63) is 34.1 Å². The van der Waals surface area contributed by atoms with Gasteiger partial charge in [-0.25, -0.2) is 4.39 Å². The standard InChI is InChI=1S/C13H16BrFO2/c14-12-7-11(1-2-13(12)15)9-17-8-10-3-5-16-6-4-10/h1-2,7,10H,3-6,8-9H2. The highest BCUT2D eigenvalue weighted by molar-refractivity contribution is 9.10. The van der Waals surface area contributed by atoms with E-state index in [4.69, 9.17) is 9.47 Å². The van der Waals surface area contributed by atoms with Crippen LogP contribution in [0.2, 0.25) is 0 Å². The van der Waals surface area contributed by atoms with E-state index in [9.17, 15) is 4.39 Å². The third-order valence-electron chi connectivity index (χ3n) is 2.95. The van der Waals surface area contributed by atoms with Gasteiger partial charge in [-0.1, -0.05) is 6.07 Å². The van der Waals surface area contributed by atoms with Crippen molar-refractivity contribution in [1.82, 2.24) is 0 Å². The third-order valence-corrected chi connectivity index (χ3v) is 3.55. The van der Waals surface area contributed by atoms with Gasteiger partial charge in [0.1, 0.15) is 5.82 Å². The minimum Gasteiger partial charge on any atom is -0.381 e. The summed E-state index contributed by atoms with van der Waals surface area (Å²) in [7, 11) is 0. The van der Waals surface area contributed by atoms with Crippen molar-refractivity contribution in [3.8, 4) is 0 Å². The molecule has 0 saturated carbocycles. The van der Waals surface area contributed by atoms with E-state index in [2.05, 4.69) is 15.9 Å². The van der Waals surface area contributed by atoms with Crippen molar-refractivity contribution in [2.24, 2.45) is 5.92 Å². The summed E-state index contributed by atoms with van der Waals surface area (Å²) in [6.45, 7) is 2.99. The lowest BCUT2D eigenvalue weighted by Gasteiger charge is -2.21. The molecule has 0 atom stereocenters. The van der Waals surface area contributed by atoms with Crippen LogP contribution < -0.4 is 0 Å². The molecule has 94 valence electrons. The lowest BCUT2D eigenvalue weighted by atomic mass is 10.0. The summed E-state index contributed by atoms with van der Waals surface area (Å²) in [4.78, 5) is 0. The molecular weight excluding hydrogens is 287 g/mol. The Morgan fingerprint density at radius 2 is 2.12 bits per heavy atom. The first kappa shape index (κ1) is 13.0. The number of halogens is 2. The lowest BCUT2D eigenvalue weighted by Crippen LogP contribution is -2.20. The van der Waals surface area contributed by atoms with Crippen LogP contribution in [-0.4, -0.2) is 19.8 Å². The van der Waals surface area contributed by atoms with Crippen LogP contribution in [0, 0.1) is 11.7 Å². The van der Waals surface area contributed by atoms with E-state index in [0.29, 0.717) is 17.0 Å². The van der Waals surface area contributed by atoms with Crippen LogP contribution in [0.5, 0.6) is 0 Å². The van der Waals surface area contributed by atoms with Gasteiger partial charge in [0.15, 0.2) is 0 Å². The molecule has 17 heavy (non-hydrogen) atoms. The largest absolute Gasteiger partial charge is 0.381 e. The summed E-state index contributed by atoms with van der Waals surface area (Å²) in [5.74, 6) is 0.366. The van der Waals surface area contributed by atoms with Gasteiger partial charge in [0.25, 0.3) is 0 Å². The summed E-state index contributed by atoms with van der Waals surface area (Å²) in [5, 5.41) is 0. The van der Waals surface area contributed by atoms with Gasteiger partial charge in [-0.05, 0) is 52.4 Å². The Morgan fingerprint density at radius 1 is 1.35 bits per heavy atom. The molecule has 4 heteroatoms. The maximum Gasteiger partial charge on any atom is 0.137 e. The highest BCUT2D eigenvalue weighted by Crippen LogP contribution is 2.19. The minimum absolute atomic E-state index is 0.238. The van der Waals surface area contributed by atoms with Gasteiger partial charge in [0, 0.05) is 13.2 Å². The fraction of sp³-hybridized carbons (Fsp3) is 0.538. The molecule has 1 aromatic rings. The van der Waals surface area contributed by atoms with Crippen molar-refractivity contribution >= 4 is 15.9 Å². The molecule has 0 radical (unpaired) electrons. The smallest absolute Gasteiger partial charge is 0.137 e. The van der Waals surface area contributed by atoms with Crippen LogP contribution in [0.1, 0.15) is 18.4 Å². The zero-order chi connectivity index (χ0) is 12.1. The molecule has 0 aliphatic carbocycles. The van der Waals surface area contributed by atoms with Gasteiger partial charge in [-0.15, -0.1) is 0 Å². The van der Waals surface area contributed by atoms with Gasteiger partial charge in [0.05, 0.1) is 17.7 Å². The van der Waals surface area contributed by atoms with Crippen LogP contribution in [0.3, 0.4) is 0 Å². The second kappa shape index (κ2) is 6.47. The van der Waals surface area contributed by atoms with E-state index in [1.165, 1.54) is 6.07 Å². The van der Waals surface area contributed by atoms with Crippen molar-refractivity contribution < 1.29 is 13.9 Å². The van der Waals surface area contributed by atoms with Gasteiger partial charge >= 0.3 is 0 Å². The number of rotatable bonds is 4. The first-order valence-corrected chi connectivity index (χ1v) is 6.64. The van der Waals surface area contributed by atoms with Crippen LogP contribution in [-0.2, 0) is 16.1 Å². The average molecular weight is 303 g/mol. The summed E-state index contributed by atoms with van der Waals surface area (Å²) in [6, 6.07) is 4.97. The van der Waals surface area contributed by atoms with Crippen LogP contribution in [0.25, 0.3) is 0 Å². The number of hydrogen-bond acceptors (Lipinski definition) is 2. The highest BCUT2D eigenvalue weighted by atomic mass is 79.9. The monoisotopic (exact) mass is 302 g/mol. The molecule has 0 aromatic heterocycles. The lowest BCUT2D eigenvalue weighted by molar-refractivity contribution is 0.0157.